The smallest absolute Gasteiger partial charge is 0.321 e. The lowest BCUT2D eigenvalue weighted by atomic mass is 10.2. The largest absolute Gasteiger partial charge is 0.494 e. The standard InChI is InChI=1S/C19H18ClNO4S/c1-3-23-14-5-7-15(8-6-14)26-12-18(22)25-19-16(20)9-13(11-21)10-17(19)24-4-2/h5-10H,3-4,12H2,1-2H3. The van der Waals surface area contributed by atoms with Crippen molar-refractivity contribution in [3.05, 3.63) is 47.0 Å². The highest BCUT2D eigenvalue weighted by molar-refractivity contribution is 8.00. The molecule has 0 radical (unpaired) electrons. The zero-order valence-electron chi connectivity index (χ0n) is 14.5. The highest BCUT2D eigenvalue weighted by Gasteiger charge is 2.16. The fraction of sp³-hybridized carbons (Fsp3) is 0.263. The number of benzene rings is 2. The molecule has 0 amide bonds. The lowest BCUT2D eigenvalue weighted by Crippen LogP contribution is -2.12. The van der Waals surface area contributed by atoms with E-state index >= 15 is 0 Å². The predicted octanol–water partition coefficient (Wildman–Crippen LogP) is 4.71. The van der Waals surface area contributed by atoms with Gasteiger partial charge in [-0.3, -0.25) is 4.79 Å². The van der Waals surface area contributed by atoms with Gasteiger partial charge in [0.25, 0.3) is 0 Å². The van der Waals surface area contributed by atoms with Gasteiger partial charge in [0.05, 0.1) is 35.6 Å². The van der Waals surface area contributed by atoms with E-state index in [4.69, 9.17) is 31.1 Å². The van der Waals surface area contributed by atoms with Crippen molar-refractivity contribution in [2.45, 2.75) is 18.7 Å². The Bertz CT molecular complexity index is 802. The van der Waals surface area contributed by atoms with Crippen LogP contribution in [0.3, 0.4) is 0 Å². The van der Waals surface area contributed by atoms with Crippen LogP contribution in [0.25, 0.3) is 0 Å². The number of rotatable bonds is 8. The molecule has 7 heteroatoms. The van der Waals surface area contributed by atoms with E-state index in [2.05, 4.69) is 0 Å². The molecule has 0 aliphatic carbocycles. The Labute approximate surface area is 161 Å². The maximum Gasteiger partial charge on any atom is 0.321 e. The van der Waals surface area contributed by atoms with Crippen LogP contribution < -0.4 is 14.2 Å². The summed E-state index contributed by atoms with van der Waals surface area (Å²) in [6.07, 6.45) is 0. The molecule has 0 saturated heterocycles. The molecule has 0 saturated carbocycles. The third kappa shape index (κ3) is 5.58. The predicted molar refractivity (Wildman–Crippen MR) is 101 cm³/mol. The number of hydrogen-bond acceptors (Lipinski definition) is 6. The summed E-state index contributed by atoms with van der Waals surface area (Å²) in [6, 6.07) is 12.4. The number of thioether (sulfide) groups is 1. The van der Waals surface area contributed by atoms with Gasteiger partial charge in [-0.1, -0.05) is 11.6 Å². The highest BCUT2D eigenvalue weighted by atomic mass is 35.5. The minimum absolute atomic E-state index is 0.107. The van der Waals surface area contributed by atoms with Gasteiger partial charge >= 0.3 is 5.97 Å². The van der Waals surface area contributed by atoms with Gasteiger partial charge in [0.15, 0.2) is 11.5 Å². The zero-order valence-corrected chi connectivity index (χ0v) is 16.0. The molecule has 0 atom stereocenters. The monoisotopic (exact) mass is 391 g/mol. The van der Waals surface area contributed by atoms with Gasteiger partial charge in [0, 0.05) is 11.0 Å². The average molecular weight is 392 g/mol. The van der Waals surface area contributed by atoms with E-state index in [-0.39, 0.29) is 22.3 Å². The molecule has 0 bridgehead atoms. The first-order valence-electron chi connectivity index (χ1n) is 8.00. The normalized spacial score (nSPS) is 10.1. The molecule has 26 heavy (non-hydrogen) atoms. The van der Waals surface area contributed by atoms with Crippen molar-refractivity contribution in [2.75, 3.05) is 19.0 Å². The molecular weight excluding hydrogens is 374 g/mol. The van der Waals surface area contributed by atoms with Crippen LogP contribution in [0, 0.1) is 11.3 Å². The summed E-state index contributed by atoms with van der Waals surface area (Å²) in [5, 5.41) is 9.17. The van der Waals surface area contributed by atoms with Gasteiger partial charge in [-0.15, -0.1) is 11.8 Å². The summed E-state index contributed by atoms with van der Waals surface area (Å²) in [7, 11) is 0. The van der Waals surface area contributed by atoms with Crippen molar-refractivity contribution < 1.29 is 19.0 Å². The number of ether oxygens (including phenoxy) is 3. The van der Waals surface area contributed by atoms with Gasteiger partial charge < -0.3 is 14.2 Å². The van der Waals surface area contributed by atoms with E-state index in [1.165, 1.54) is 23.9 Å². The molecule has 2 rings (SSSR count). The molecule has 0 N–H and O–H groups in total. The topological polar surface area (TPSA) is 68.5 Å². The number of carbonyl (C=O) groups is 1. The molecular formula is C19H18ClNO4S. The Morgan fingerprint density at radius 3 is 2.46 bits per heavy atom. The fourth-order valence-corrected chi connectivity index (χ4v) is 3.00. The van der Waals surface area contributed by atoms with Crippen LogP contribution in [0.5, 0.6) is 17.2 Å². The quantitative estimate of drug-likeness (QED) is 0.369. The number of nitrogens with zero attached hydrogens (tertiary/aromatic N) is 1. The van der Waals surface area contributed by atoms with Crippen molar-refractivity contribution in [2.24, 2.45) is 0 Å². The second kappa shape index (κ2) is 9.95. The molecule has 0 aliphatic heterocycles. The van der Waals surface area contributed by atoms with Crippen LogP contribution in [0.1, 0.15) is 19.4 Å². The number of esters is 1. The van der Waals surface area contributed by atoms with Crippen molar-refractivity contribution in [3.63, 3.8) is 0 Å². The molecule has 2 aromatic rings. The second-order valence-electron chi connectivity index (χ2n) is 5.00. The maximum atomic E-state index is 12.2. The first-order valence-corrected chi connectivity index (χ1v) is 9.36. The number of nitriles is 1. The van der Waals surface area contributed by atoms with E-state index in [9.17, 15) is 4.79 Å². The van der Waals surface area contributed by atoms with Gasteiger partial charge in [0.2, 0.25) is 0 Å². The van der Waals surface area contributed by atoms with E-state index < -0.39 is 5.97 Å². The maximum absolute atomic E-state index is 12.2. The first-order chi connectivity index (χ1) is 12.6. The minimum atomic E-state index is -0.462. The molecule has 5 nitrogen and oxygen atoms in total. The molecule has 0 heterocycles. The Kier molecular flexibility index (Phi) is 7.64. The Balaban J connectivity index is 2.02. The molecule has 0 aromatic heterocycles. The first kappa shape index (κ1) is 20.0. The summed E-state index contributed by atoms with van der Waals surface area (Å²) < 4.78 is 16.2. The third-order valence-corrected chi connectivity index (χ3v) is 4.41. The fourth-order valence-electron chi connectivity index (χ4n) is 2.08. The van der Waals surface area contributed by atoms with Crippen LogP contribution in [-0.4, -0.2) is 24.9 Å². The summed E-state index contributed by atoms with van der Waals surface area (Å²) >= 11 is 7.47. The van der Waals surface area contributed by atoms with Crippen molar-refractivity contribution in [1.82, 2.24) is 0 Å². The van der Waals surface area contributed by atoms with E-state index in [0.717, 1.165) is 10.6 Å². The Morgan fingerprint density at radius 2 is 1.85 bits per heavy atom. The van der Waals surface area contributed by atoms with Crippen molar-refractivity contribution in [3.8, 4) is 23.3 Å². The summed E-state index contributed by atoms with van der Waals surface area (Å²) in [4.78, 5) is 13.1. The van der Waals surface area contributed by atoms with Crippen LogP contribution in [-0.2, 0) is 4.79 Å². The minimum Gasteiger partial charge on any atom is -0.494 e. The number of carbonyl (C=O) groups excluding carboxylic acids is 1. The van der Waals surface area contributed by atoms with Gasteiger partial charge in [-0.2, -0.15) is 5.26 Å². The van der Waals surface area contributed by atoms with Crippen LogP contribution in [0.15, 0.2) is 41.3 Å². The SMILES string of the molecule is CCOc1ccc(SCC(=O)Oc2c(Cl)cc(C#N)cc2OCC)cc1. The van der Waals surface area contributed by atoms with E-state index in [1.54, 1.807) is 6.92 Å². The summed E-state index contributed by atoms with van der Waals surface area (Å²) in [5.41, 5.74) is 0.335. The van der Waals surface area contributed by atoms with Crippen LogP contribution in [0.4, 0.5) is 0 Å². The van der Waals surface area contributed by atoms with Crippen LogP contribution >= 0.6 is 23.4 Å². The van der Waals surface area contributed by atoms with Gasteiger partial charge in [-0.25, -0.2) is 0 Å². The average Bonchev–Trinajstić information content (AvgIpc) is 2.64. The molecule has 0 unspecified atom stereocenters. The van der Waals surface area contributed by atoms with Crippen molar-refractivity contribution >= 4 is 29.3 Å². The Morgan fingerprint density at radius 1 is 1.15 bits per heavy atom. The number of hydrogen-bond donors (Lipinski definition) is 0. The molecule has 0 aliphatic rings. The van der Waals surface area contributed by atoms with E-state index in [0.29, 0.717) is 18.8 Å². The van der Waals surface area contributed by atoms with Gasteiger partial charge in [0.1, 0.15) is 5.75 Å². The molecule has 136 valence electrons. The number of halogens is 1. The van der Waals surface area contributed by atoms with Crippen molar-refractivity contribution in [1.29, 1.82) is 5.26 Å². The molecule has 0 spiro atoms. The highest BCUT2D eigenvalue weighted by Crippen LogP contribution is 2.37. The summed E-state index contributed by atoms with van der Waals surface area (Å²) in [6.45, 7) is 4.67. The zero-order chi connectivity index (χ0) is 18.9. The lowest BCUT2D eigenvalue weighted by molar-refractivity contribution is -0.131. The Hall–Kier alpha value is -2.36. The van der Waals surface area contributed by atoms with Gasteiger partial charge in [-0.05, 0) is 44.2 Å². The second-order valence-corrected chi connectivity index (χ2v) is 6.45. The third-order valence-electron chi connectivity index (χ3n) is 3.15. The van der Waals surface area contributed by atoms with Crippen LogP contribution in [0.2, 0.25) is 5.02 Å². The molecule has 2 aromatic carbocycles. The van der Waals surface area contributed by atoms with E-state index in [1.807, 2.05) is 37.3 Å². The molecule has 0 fully saturated rings. The lowest BCUT2D eigenvalue weighted by Gasteiger charge is -2.12. The summed E-state index contributed by atoms with van der Waals surface area (Å²) in [5.74, 6) is 0.831.